The molecule has 2 heterocycles. The van der Waals surface area contributed by atoms with Crippen molar-refractivity contribution in [1.82, 2.24) is 14.8 Å². The predicted molar refractivity (Wildman–Crippen MR) is 93.1 cm³/mol. The molecule has 24 heavy (non-hydrogen) atoms. The second kappa shape index (κ2) is 7.45. The van der Waals surface area contributed by atoms with E-state index in [2.05, 4.69) is 22.0 Å². The first-order chi connectivity index (χ1) is 11.7. The third-order valence-corrected chi connectivity index (χ3v) is 4.38. The molecule has 1 aromatic carbocycles. The Morgan fingerprint density at radius 1 is 1.08 bits per heavy atom. The summed E-state index contributed by atoms with van der Waals surface area (Å²) in [6.07, 6.45) is 1.67. The number of aryl methyl sites for hydroxylation is 1. The van der Waals surface area contributed by atoms with Crippen molar-refractivity contribution in [2.45, 2.75) is 13.5 Å². The Labute approximate surface area is 142 Å². The molecule has 1 aliphatic rings. The lowest BCUT2D eigenvalue weighted by atomic mass is 10.1. The molecule has 1 aromatic heterocycles. The third-order valence-electron chi connectivity index (χ3n) is 4.38. The Hall–Kier alpha value is -2.40. The van der Waals surface area contributed by atoms with Crippen LogP contribution in [0.25, 0.3) is 0 Å². The molecule has 0 radical (unpaired) electrons. The van der Waals surface area contributed by atoms with Gasteiger partial charge in [0.25, 0.3) is 5.91 Å². The number of carbonyl (C=O) groups is 1. The van der Waals surface area contributed by atoms with Crippen molar-refractivity contribution in [3.63, 3.8) is 0 Å². The number of hydrogen-bond donors (Lipinski definition) is 0. The highest BCUT2D eigenvalue weighted by Gasteiger charge is 2.22. The predicted octanol–water partition coefficient (Wildman–Crippen LogP) is 2.36. The molecule has 126 valence electrons. The van der Waals surface area contributed by atoms with Gasteiger partial charge in [-0.15, -0.1) is 0 Å². The molecule has 0 spiro atoms. The van der Waals surface area contributed by atoms with E-state index in [9.17, 15) is 4.79 Å². The highest BCUT2D eigenvalue weighted by Crippen LogP contribution is 2.15. The molecule has 1 aliphatic heterocycles. The number of carbonyl (C=O) groups excluding carboxylic acids is 1. The molecule has 1 fully saturated rings. The zero-order valence-corrected chi connectivity index (χ0v) is 14.2. The molecule has 1 amide bonds. The van der Waals surface area contributed by atoms with Gasteiger partial charge in [0.2, 0.25) is 0 Å². The monoisotopic (exact) mass is 325 g/mol. The van der Waals surface area contributed by atoms with Crippen molar-refractivity contribution >= 4 is 5.91 Å². The zero-order valence-electron chi connectivity index (χ0n) is 14.2. The number of methoxy groups -OCH3 is 1. The SMILES string of the molecule is COc1ccc(CN2CCN(C(=O)c3ccc(C)nc3)CC2)cc1. The topological polar surface area (TPSA) is 45.7 Å². The van der Waals surface area contributed by atoms with Gasteiger partial charge in [0.15, 0.2) is 0 Å². The highest BCUT2D eigenvalue weighted by molar-refractivity contribution is 5.94. The van der Waals surface area contributed by atoms with E-state index in [1.807, 2.05) is 36.1 Å². The lowest BCUT2D eigenvalue weighted by Gasteiger charge is -2.34. The van der Waals surface area contributed by atoms with E-state index in [-0.39, 0.29) is 5.91 Å². The molecule has 0 aliphatic carbocycles. The summed E-state index contributed by atoms with van der Waals surface area (Å²) in [7, 11) is 1.68. The summed E-state index contributed by atoms with van der Waals surface area (Å²) in [6, 6.07) is 11.9. The summed E-state index contributed by atoms with van der Waals surface area (Å²) >= 11 is 0. The van der Waals surface area contributed by atoms with E-state index in [1.165, 1.54) is 5.56 Å². The quantitative estimate of drug-likeness (QED) is 0.866. The van der Waals surface area contributed by atoms with Crippen LogP contribution in [0.15, 0.2) is 42.6 Å². The molecule has 5 heteroatoms. The Balaban J connectivity index is 1.53. The van der Waals surface area contributed by atoms with E-state index >= 15 is 0 Å². The molecule has 0 atom stereocenters. The Kier molecular flexibility index (Phi) is 5.11. The normalized spacial score (nSPS) is 15.3. The van der Waals surface area contributed by atoms with Gasteiger partial charge in [-0.3, -0.25) is 14.7 Å². The molecule has 5 nitrogen and oxygen atoms in total. The van der Waals surface area contributed by atoms with E-state index in [1.54, 1.807) is 13.3 Å². The lowest BCUT2D eigenvalue weighted by Crippen LogP contribution is -2.48. The van der Waals surface area contributed by atoms with Crippen molar-refractivity contribution in [3.05, 3.63) is 59.4 Å². The average molecular weight is 325 g/mol. The largest absolute Gasteiger partial charge is 0.497 e. The van der Waals surface area contributed by atoms with Gasteiger partial charge in [0, 0.05) is 44.6 Å². The molecule has 0 unspecified atom stereocenters. The van der Waals surface area contributed by atoms with Crippen molar-refractivity contribution in [2.75, 3.05) is 33.3 Å². The first kappa shape index (κ1) is 16.5. The van der Waals surface area contributed by atoms with E-state index in [4.69, 9.17) is 4.74 Å². The van der Waals surface area contributed by atoms with Crippen molar-refractivity contribution in [3.8, 4) is 5.75 Å². The molecular weight excluding hydrogens is 302 g/mol. The Bertz CT molecular complexity index is 675. The first-order valence-corrected chi connectivity index (χ1v) is 8.23. The number of piperazine rings is 1. The van der Waals surface area contributed by atoms with Crippen molar-refractivity contribution in [1.29, 1.82) is 0 Å². The second-order valence-corrected chi connectivity index (χ2v) is 6.10. The van der Waals surface area contributed by atoms with Gasteiger partial charge < -0.3 is 9.64 Å². The lowest BCUT2D eigenvalue weighted by molar-refractivity contribution is 0.0628. The summed E-state index contributed by atoms with van der Waals surface area (Å²) in [5, 5.41) is 0. The fourth-order valence-corrected chi connectivity index (χ4v) is 2.88. The van der Waals surface area contributed by atoms with Crippen molar-refractivity contribution < 1.29 is 9.53 Å². The molecule has 0 N–H and O–H groups in total. The number of nitrogens with zero attached hydrogens (tertiary/aromatic N) is 3. The van der Waals surface area contributed by atoms with E-state index in [0.717, 1.165) is 44.2 Å². The van der Waals surface area contributed by atoms with Crippen LogP contribution in [0.5, 0.6) is 5.75 Å². The van der Waals surface area contributed by atoms with Crippen LogP contribution in [-0.4, -0.2) is 54.0 Å². The van der Waals surface area contributed by atoms with Gasteiger partial charge in [0.1, 0.15) is 5.75 Å². The summed E-state index contributed by atoms with van der Waals surface area (Å²) in [6.45, 7) is 6.10. The maximum atomic E-state index is 12.5. The molecule has 0 bridgehead atoms. The zero-order chi connectivity index (χ0) is 16.9. The number of amides is 1. The molecular formula is C19H23N3O2. The van der Waals surface area contributed by atoms with Crippen LogP contribution in [0.2, 0.25) is 0 Å². The highest BCUT2D eigenvalue weighted by atomic mass is 16.5. The van der Waals surface area contributed by atoms with Crippen LogP contribution in [0.1, 0.15) is 21.6 Å². The van der Waals surface area contributed by atoms with Gasteiger partial charge in [-0.05, 0) is 36.8 Å². The van der Waals surface area contributed by atoms with Crippen LogP contribution in [0.3, 0.4) is 0 Å². The van der Waals surface area contributed by atoms with Gasteiger partial charge in [-0.1, -0.05) is 12.1 Å². The first-order valence-electron chi connectivity index (χ1n) is 8.23. The Morgan fingerprint density at radius 3 is 2.38 bits per heavy atom. The van der Waals surface area contributed by atoms with E-state index in [0.29, 0.717) is 5.56 Å². The van der Waals surface area contributed by atoms with E-state index < -0.39 is 0 Å². The van der Waals surface area contributed by atoms with Gasteiger partial charge in [-0.2, -0.15) is 0 Å². The summed E-state index contributed by atoms with van der Waals surface area (Å²) in [4.78, 5) is 21.0. The number of benzene rings is 1. The minimum Gasteiger partial charge on any atom is -0.497 e. The second-order valence-electron chi connectivity index (χ2n) is 6.10. The molecule has 2 aromatic rings. The number of hydrogen-bond acceptors (Lipinski definition) is 4. The maximum Gasteiger partial charge on any atom is 0.255 e. The van der Waals surface area contributed by atoms with Crippen LogP contribution >= 0.6 is 0 Å². The number of ether oxygens (including phenoxy) is 1. The van der Waals surface area contributed by atoms with Gasteiger partial charge in [0.05, 0.1) is 12.7 Å². The minimum atomic E-state index is 0.0756. The number of pyridine rings is 1. The third kappa shape index (κ3) is 3.92. The molecule has 3 rings (SSSR count). The fraction of sp³-hybridized carbons (Fsp3) is 0.368. The summed E-state index contributed by atoms with van der Waals surface area (Å²) < 4.78 is 5.19. The summed E-state index contributed by atoms with van der Waals surface area (Å²) in [5.74, 6) is 0.951. The number of aromatic nitrogens is 1. The standard InChI is InChI=1S/C19H23N3O2/c1-15-3-6-17(13-20-15)19(23)22-11-9-21(10-12-22)14-16-4-7-18(24-2)8-5-16/h3-8,13H,9-12,14H2,1-2H3. The average Bonchev–Trinajstić information content (AvgIpc) is 2.63. The van der Waals surface area contributed by atoms with Gasteiger partial charge >= 0.3 is 0 Å². The number of rotatable bonds is 4. The molecule has 0 saturated carbocycles. The fourth-order valence-electron chi connectivity index (χ4n) is 2.88. The minimum absolute atomic E-state index is 0.0756. The summed E-state index contributed by atoms with van der Waals surface area (Å²) in [5.41, 5.74) is 2.86. The smallest absolute Gasteiger partial charge is 0.255 e. The maximum absolute atomic E-state index is 12.5. The van der Waals surface area contributed by atoms with Crippen LogP contribution < -0.4 is 4.74 Å². The Morgan fingerprint density at radius 2 is 1.79 bits per heavy atom. The van der Waals surface area contributed by atoms with Crippen molar-refractivity contribution in [2.24, 2.45) is 0 Å². The molecule has 1 saturated heterocycles. The van der Waals surface area contributed by atoms with Gasteiger partial charge in [-0.25, -0.2) is 0 Å². The van der Waals surface area contributed by atoms with Crippen LogP contribution in [0, 0.1) is 6.92 Å². The van der Waals surface area contributed by atoms with Crippen LogP contribution in [0.4, 0.5) is 0 Å². The van der Waals surface area contributed by atoms with Crippen LogP contribution in [-0.2, 0) is 6.54 Å².